The highest BCUT2D eigenvalue weighted by molar-refractivity contribution is 7.81. The van der Waals surface area contributed by atoms with Crippen LogP contribution < -0.4 is 27.0 Å². The van der Waals surface area contributed by atoms with E-state index in [1.54, 1.807) is 0 Å². The Morgan fingerprint density at radius 2 is 0.935 bits per heavy atom. The molecule has 4 aromatic rings. The fourth-order valence-corrected chi connectivity index (χ4v) is 8.11. The molecule has 31 heavy (non-hydrogen) atoms. The van der Waals surface area contributed by atoms with E-state index in [1.165, 1.54) is 16.4 Å². The molecule has 0 fully saturated rings. The van der Waals surface area contributed by atoms with Crippen molar-refractivity contribution in [2.24, 2.45) is 0 Å². The summed E-state index contributed by atoms with van der Waals surface area (Å²) in [7, 11) is -1.55. The molecule has 4 rings (SSSR count). The van der Waals surface area contributed by atoms with Crippen LogP contribution in [0.15, 0.2) is 121 Å². The fraction of sp³-hybridized carbons (Fsp3) is 0.143. The molecule has 0 unspecified atom stereocenters. The smallest absolute Gasteiger partial charge is 0.122 e. The van der Waals surface area contributed by atoms with Crippen molar-refractivity contribution in [2.75, 3.05) is 12.8 Å². The molecule has 0 N–H and O–H groups in total. The summed E-state index contributed by atoms with van der Waals surface area (Å²) in [5, 5.41) is 1.48. The molecular formula is C28H28BrOP. The second kappa shape index (κ2) is 11.8. The van der Waals surface area contributed by atoms with Crippen molar-refractivity contribution in [3.63, 3.8) is 0 Å². The van der Waals surface area contributed by atoms with Gasteiger partial charge in [-0.05, 0) is 35.4 Å². The van der Waals surface area contributed by atoms with Crippen molar-refractivity contribution >= 4 is 12.6 Å². The Hall–Kier alpha value is -2.41. The maximum Gasteiger partial charge on any atom is 0.122 e. The third-order valence-corrected chi connectivity index (χ3v) is 9.86. The van der Waals surface area contributed by atoms with Gasteiger partial charge in [-0.2, -0.15) is 0 Å². The molecule has 0 spiro atoms. The third kappa shape index (κ3) is 6.53. The number of para-hydroxylation sites is 1. The maximum atomic E-state index is 6.19. The van der Waals surface area contributed by atoms with Gasteiger partial charge in [-0.15, -0.1) is 0 Å². The number of rotatable bonds is 9. The minimum atomic E-state index is -1.55. The average Bonchev–Trinajstić information content (AvgIpc) is 2.82. The van der Waals surface area contributed by atoms with E-state index in [2.05, 4.69) is 91.0 Å². The van der Waals surface area contributed by atoms with Crippen LogP contribution in [0.5, 0.6) is 5.75 Å². The van der Waals surface area contributed by atoms with E-state index in [1.807, 2.05) is 30.3 Å². The lowest BCUT2D eigenvalue weighted by Crippen LogP contribution is -3.00. The molecule has 0 saturated heterocycles. The van der Waals surface area contributed by atoms with Gasteiger partial charge in [-0.3, -0.25) is 0 Å². The van der Waals surface area contributed by atoms with Crippen molar-refractivity contribution < 1.29 is 21.7 Å². The number of hydrogen-bond acceptors (Lipinski definition) is 1. The van der Waals surface area contributed by atoms with E-state index in [-0.39, 0.29) is 17.0 Å². The van der Waals surface area contributed by atoms with Crippen LogP contribution in [0.2, 0.25) is 0 Å². The Morgan fingerprint density at radius 1 is 0.516 bits per heavy atom. The molecule has 0 radical (unpaired) electrons. The average molecular weight is 491 g/mol. The van der Waals surface area contributed by atoms with E-state index in [9.17, 15) is 0 Å². The minimum Gasteiger partial charge on any atom is -1.00 e. The summed E-state index contributed by atoms with van der Waals surface area (Å²) in [5.41, 5.74) is 2.82. The largest absolute Gasteiger partial charge is 1.00 e. The Bertz CT molecular complexity index is 966. The van der Waals surface area contributed by atoms with Crippen molar-refractivity contribution in [2.45, 2.75) is 12.3 Å². The van der Waals surface area contributed by atoms with E-state index in [0.717, 1.165) is 30.8 Å². The summed E-state index contributed by atoms with van der Waals surface area (Å²) < 4.78 is 6.19. The quantitative estimate of drug-likeness (QED) is 0.324. The van der Waals surface area contributed by atoms with Gasteiger partial charge in [0.1, 0.15) is 12.4 Å². The maximum absolute atomic E-state index is 6.19. The molecule has 158 valence electrons. The van der Waals surface area contributed by atoms with Gasteiger partial charge in [-0.1, -0.05) is 97.1 Å². The Balaban J connectivity index is 0.00000272. The third-order valence-electron chi connectivity index (χ3n) is 5.49. The van der Waals surface area contributed by atoms with Crippen molar-refractivity contribution in [1.82, 2.24) is 0 Å². The highest BCUT2D eigenvalue weighted by atomic mass is 79.9. The lowest BCUT2D eigenvalue weighted by molar-refractivity contribution is -0.00000656. The van der Waals surface area contributed by atoms with Gasteiger partial charge in [0, 0.05) is 0 Å². The van der Waals surface area contributed by atoms with E-state index < -0.39 is 7.26 Å². The predicted octanol–water partition coefficient (Wildman–Crippen LogP) is 3.81. The normalized spacial score (nSPS) is 10.8. The molecule has 0 atom stereocenters. The summed E-state index contributed by atoms with van der Waals surface area (Å²) in [5.74, 6) is 0.947. The molecule has 3 heteroatoms. The van der Waals surface area contributed by atoms with Gasteiger partial charge in [0.15, 0.2) is 0 Å². The Morgan fingerprint density at radius 3 is 1.42 bits per heavy atom. The molecule has 0 bridgehead atoms. The van der Waals surface area contributed by atoms with Crippen LogP contribution in [-0.4, -0.2) is 12.8 Å². The number of halogens is 1. The van der Waals surface area contributed by atoms with Gasteiger partial charge < -0.3 is 21.7 Å². The first kappa shape index (κ1) is 23.3. The first-order chi connectivity index (χ1) is 14.8. The van der Waals surface area contributed by atoms with Crippen LogP contribution in [0.1, 0.15) is 11.1 Å². The Kier molecular flexibility index (Phi) is 8.88. The summed E-state index contributed by atoms with van der Waals surface area (Å²) in [4.78, 5) is 0. The van der Waals surface area contributed by atoms with Crippen LogP contribution in [0.25, 0.3) is 0 Å². The monoisotopic (exact) mass is 490 g/mol. The number of hydrogen-bond donors (Lipinski definition) is 0. The van der Waals surface area contributed by atoms with Gasteiger partial charge >= 0.3 is 0 Å². The van der Waals surface area contributed by atoms with Crippen LogP contribution in [0.3, 0.4) is 0 Å². The van der Waals surface area contributed by atoms with Crippen molar-refractivity contribution in [1.29, 1.82) is 0 Å². The van der Waals surface area contributed by atoms with Gasteiger partial charge in [0.25, 0.3) is 0 Å². The van der Waals surface area contributed by atoms with E-state index in [0.29, 0.717) is 0 Å². The molecule has 0 amide bonds. The molecular weight excluding hydrogens is 463 g/mol. The van der Waals surface area contributed by atoms with E-state index >= 15 is 0 Å². The van der Waals surface area contributed by atoms with E-state index in [4.69, 9.17) is 4.74 Å². The molecule has 0 aromatic heterocycles. The second-order valence-electron chi connectivity index (χ2n) is 7.65. The highest BCUT2D eigenvalue weighted by Crippen LogP contribution is 2.62. The summed E-state index contributed by atoms with van der Waals surface area (Å²) in [6.07, 6.45) is 3.23. The molecule has 1 nitrogen and oxygen atoms in total. The number of benzene rings is 4. The van der Waals surface area contributed by atoms with Gasteiger partial charge in [-0.25, -0.2) is 0 Å². The second-order valence-corrected chi connectivity index (χ2v) is 11.5. The molecule has 0 aliphatic rings. The first-order valence-corrected chi connectivity index (χ1v) is 12.9. The lowest BCUT2D eigenvalue weighted by atomic mass is 10.2. The highest BCUT2D eigenvalue weighted by Gasteiger charge is 2.40. The van der Waals surface area contributed by atoms with Crippen LogP contribution in [0.4, 0.5) is 0 Å². The van der Waals surface area contributed by atoms with Crippen LogP contribution in [0, 0.1) is 0 Å². The fourth-order valence-electron chi connectivity index (χ4n) is 3.99. The zero-order chi connectivity index (χ0) is 20.5. The van der Waals surface area contributed by atoms with Gasteiger partial charge in [0.2, 0.25) is 0 Å². The van der Waals surface area contributed by atoms with Crippen LogP contribution in [-0.2, 0) is 12.3 Å². The molecule has 0 saturated carbocycles. The first-order valence-electron chi connectivity index (χ1n) is 10.5. The number of ether oxygens (including phenoxy) is 1. The van der Waals surface area contributed by atoms with Crippen LogP contribution >= 0.6 is 7.26 Å². The summed E-state index contributed by atoms with van der Waals surface area (Å²) >= 11 is 0. The topological polar surface area (TPSA) is 9.23 Å². The summed E-state index contributed by atoms with van der Waals surface area (Å²) in [6.45, 7) is 0.729. The molecule has 0 heterocycles. The zero-order valence-corrected chi connectivity index (χ0v) is 20.1. The Labute approximate surface area is 197 Å². The molecule has 0 aliphatic heterocycles. The molecule has 0 aliphatic carbocycles. The van der Waals surface area contributed by atoms with Crippen molar-refractivity contribution in [3.8, 4) is 5.75 Å². The summed E-state index contributed by atoms with van der Waals surface area (Å²) in [6, 6.07) is 43.1. The van der Waals surface area contributed by atoms with Crippen molar-refractivity contribution in [3.05, 3.63) is 132 Å². The SMILES string of the molecule is [Br-].c1ccc(C[P+](CCOc2ccccc2)(Cc2ccccc2)c2ccccc2)cc1. The minimum absolute atomic E-state index is 0. The standard InChI is InChI=1S/C28H28OP.BrH/c1-5-13-25(14-6-1)23-30(28-19-11-4-12-20-28,24-26-15-7-2-8-16-26)22-21-29-27-17-9-3-10-18-27;/h1-20H,21-24H2;1H/q+1;/p-1. The predicted molar refractivity (Wildman–Crippen MR) is 130 cm³/mol. The van der Waals surface area contributed by atoms with Gasteiger partial charge in [0.05, 0.1) is 31.1 Å². The molecule has 4 aromatic carbocycles. The zero-order valence-electron chi connectivity index (χ0n) is 17.6. The lowest BCUT2D eigenvalue weighted by Gasteiger charge is -2.28.